The molecule has 0 unspecified atom stereocenters. The highest BCUT2D eigenvalue weighted by molar-refractivity contribution is 9.10. The fourth-order valence-corrected chi connectivity index (χ4v) is 1.94. The Labute approximate surface area is 92.3 Å². The van der Waals surface area contributed by atoms with E-state index < -0.39 is 0 Å². The molecule has 1 fully saturated rings. The lowest BCUT2D eigenvalue weighted by molar-refractivity contribution is 0.471. The van der Waals surface area contributed by atoms with Gasteiger partial charge in [0.15, 0.2) is 0 Å². The Morgan fingerprint density at radius 2 is 2.14 bits per heavy atom. The van der Waals surface area contributed by atoms with Crippen LogP contribution >= 0.6 is 15.9 Å². The number of nitrogens with two attached hydrogens (primary N) is 1. The molecule has 1 aliphatic carbocycles. The van der Waals surface area contributed by atoms with Crippen molar-refractivity contribution in [1.29, 1.82) is 0 Å². The lowest BCUT2D eigenvalue weighted by Gasteiger charge is -2.08. The minimum atomic E-state index is 0.115. The van der Waals surface area contributed by atoms with Crippen molar-refractivity contribution in [1.82, 2.24) is 0 Å². The van der Waals surface area contributed by atoms with Crippen LogP contribution in [0.4, 0.5) is 0 Å². The van der Waals surface area contributed by atoms with Gasteiger partial charge in [-0.3, -0.25) is 0 Å². The zero-order valence-electron chi connectivity index (χ0n) is 7.96. The van der Waals surface area contributed by atoms with E-state index in [1.165, 1.54) is 5.56 Å². The van der Waals surface area contributed by atoms with Crippen molar-refractivity contribution in [3.63, 3.8) is 0 Å². The van der Waals surface area contributed by atoms with E-state index in [4.69, 9.17) is 5.73 Å². The number of phenols is 1. The topological polar surface area (TPSA) is 46.2 Å². The van der Waals surface area contributed by atoms with E-state index in [0.29, 0.717) is 5.75 Å². The molecule has 0 radical (unpaired) electrons. The van der Waals surface area contributed by atoms with Gasteiger partial charge in [-0.2, -0.15) is 0 Å². The fraction of sp³-hybridized carbons (Fsp3) is 0.455. The molecule has 1 aliphatic rings. The molecule has 0 spiro atoms. The van der Waals surface area contributed by atoms with Crippen LogP contribution in [0.5, 0.6) is 5.75 Å². The van der Waals surface area contributed by atoms with E-state index in [2.05, 4.69) is 15.9 Å². The lowest BCUT2D eigenvalue weighted by Crippen LogP contribution is -2.22. The Balaban J connectivity index is 1.99. The minimum absolute atomic E-state index is 0.115. The van der Waals surface area contributed by atoms with E-state index in [9.17, 15) is 5.11 Å². The monoisotopic (exact) mass is 255 g/mol. The Kier molecular flexibility index (Phi) is 2.54. The van der Waals surface area contributed by atoms with Crippen molar-refractivity contribution in [3.8, 4) is 5.75 Å². The van der Waals surface area contributed by atoms with Crippen molar-refractivity contribution < 1.29 is 5.11 Å². The molecule has 14 heavy (non-hydrogen) atoms. The summed E-state index contributed by atoms with van der Waals surface area (Å²) in [5.41, 5.74) is 7.34. The summed E-state index contributed by atoms with van der Waals surface area (Å²) in [6.07, 6.45) is 4.36. The predicted octanol–water partition coefficient (Wildman–Crippen LogP) is 2.58. The largest absolute Gasteiger partial charge is 0.507 e. The first-order chi connectivity index (χ1) is 6.59. The third-order valence-corrected chi connectivity index (χ3v) is 3.45. The summed E-state index contributed by atoms with van der Waals surface area (Å²) < 4.78 is 0.761. The Morgan fingerprint density at radius 3 is 2.71 bits per heavy atom. The number of phenolic OH excluding ortho intramolecular Hbond substituents is 1. The molecule has 0 aliphatic heterocycles. The molecule has 2 rings (SSSR count). The Bertz CT molecular complexity index is 347. The molecule has 0 aromatic heterocycles. The summed E-state index contributed by atoms with van der Waals surface area (Å²) in [7, 11) is 0. The molecule has 0 amide bonds. The molecule has 3 heteroatoms. The highest BCUT2D eigenvalue weighted by Gasteiger charge is 2.37. The van der Waals surface area contributed by atoms with Crippen LogP contribution in [0, 0.1) is 0 Å². The van der Waals surface area contributed by atoms with Crippen molar-refractivity contribution in [2.45, 2.75) is 31.2 Å². The van der Waals surface area contributed by atoms with Gasteiger partial charge in [-0.25, -0.2) is 0 Å². The molecule has 0 heterocycles. The third kappa shape index (κ3) is 2.28. The Hall–Kier alpha value is -0.540. The first kappa shape index (κ1) is 9.99. The summed E-state index contributed by atoms with van der Waals surface area (Å²) >= 11 is 3.30. The zero-order valence-corrected chi connectivity index (χ0v) is 9.55. The molecule has 0 bridgehead atoms. The van der Waals surface area contributed by atoms with Gasteiger partial charge in [0.25, 0.3) is 0 Å². The normalized spacial score (nSPS) is 18.1. The van der Waals surface area contributed by atoms with Crippen LogP contribution in [0.2, 0.25) is 0 Å². The van der Waals surface area contributed by atoms with Gasteiger partial charge in [-0.1, -0.05) is 6.07 Å². The van der Waals surface area contributed by atoms with Gasteiger partial charge in [0.2, 0.25) is 0 Å². The van der Waals surface area contributed by atoms with Gasteiger partial charge >= 0.3 is 0 Å². The number of benzene rings is 1. The molecule has 2 nitrogen and oxygen atoms in total. The maximum Gasteiger partial charge on any atom is 0.129 e. The molecule has 1 aromatic carbocycles. The standard InChI is InChI=1S/C11H14BrNO/c12-9-7-8(1-2-10(9)14)3-4-11(13)5-6-11/h1-2,7,14H,3-6,13H2. The van der Waals surface area contributed by atoms with E-state index in [0.717, 1.165) is 30.2 Å². The molecular weight excluding hydrogens is 242 g/mol. The van der Waals surface area contributed by atoms with E-state index in [1.54, 1.807) is 6.07 Å². The predicted molar refractivity (Wildman–Crippen MR) is 60.3 cm³/mol. The number of aromatic hydroxyl groups is 1. The molecule has 1 saturated carbocycles. The maximum atomic E-state index is 9.31. The van der Waals surface area contributed by atoms with Crippen LogP contribution in [0.15, 0.2) is 22.7 Å². The first-order valence-electron chi connectivity index (χ1n) is 4.85. The molecule has 1 aromatic rings. The summed E-state index contributed by atoms with van der Waals surface area (Å²) in [6.45, 7) is 0. The van der Waals surface area contributed by atoms with E-state index in [-0.39, 0.29) is 5.54 Å². The van der Waals surface area contributed by atoms with Gasteiger partial charge in [0.1, 0.15) is 5.75 Å². The number of hydrogen-bond donors (Lipinski definition) is 2. The fourth-order valence-electron chi connectivity index (χ4n) is 1.51. The number of halogens is 1. The number of aryl methyl sites for hydroxylation is 1. The van der Waals surface area contributed by atoms with Gasteiger partial charge in [-0.05, 0) is 59.3 Å². The lowest BCUT2D eigenvalue weighted by atomic mass is 10.0. The van der Waals surface area contributed by atoms with Crippen LogP contribution in [0.3, 0.4) is 0 Å². The zero-order chi connectivity index (χ0) is 10.2. The quantitative estimate of drug-likeness (QED) is 0.873. The van der Waals surface area contributed by atoms with E-state index >= 15 is 0 Å². The summed E-state index contributed by atoms with van der Waals surface area (Å²) in [5, 5.41) is 9.31. The smallest absolute Gasteiger partial charge is 0.129 e. The van der Waals surface area contributed by atoms with Gasteiger partial charge in [0.05, 0.1) is 4.47 Å². The highest BCUT2D eigenvalue weighted by Crippen LogP contribution is 2.37. The van der Waals surface area contributed by atoms with Crippen LogP contribution in [0.1, 0.15) is 24.8 Å². The molecule has 76 valence electrons. The van der Waals surface area contributed by atoms with Crippen molar-refractivity contribution in [2.24, 2.45) is 5.73 Å². The summed E-state index contributed by atoms with van der Waals surface area (Å²) in [6, 6.07) is 5.63. The van der Waals surface area contributed by atoms with Crippen LogP contribution < -0.4 is 5.73 Å². The van der Waals surface area contributed by atoms with Crippen LogP contribution in [-0.2, 0) is 6.42 Å². The molecular formula is C11H14BrNO. The van der Waals surface area contributed by atoms with Crippen molar-refractivity contribution >= 4 is 15.9 Å². The number of hydrogen-bond acceptors (Lipinski definition) is 2. The second-order valence-corrected chi connectivity index (χ2v) is 5.00. The Morgan fingerprint density at radius 1 is 1.43 bits per heavy atom. The molecule has 0 atom stereocenters. The van der Waals surface area contributed by atoms with Crippen molar-refractivity contribution in [2.75, 3.05) is 0 Å². The summed E-state index contributed by atoms with van der Waals surface area (Å²) in [4.78, 5) is 0. The second kappa shape index (κ2) is 3.55. The van der Waals surface area contributed by atoms with Gasteiger partial charge in [0, 0.05) is 5.54 Å². The van der Waals surface area contributed by atoms with Crippen LogP contribution in [0.25, 0.3) is 0 Å². The first-order valence-corrected chi connectivity index (χ1v) is 5.65. The number of rotatable bonds is 3. The third-order valence-electron chi connectivity index (χ3n) is 2.82. The van der Waals surface area contributed by atoms with E-state index in [1.807, 2.05) is 12.1 Å². The average molecular weight is 256 g/mol. The second-order valence-electron chi connectivity index (χ2n) is 4.15. The van der Waals surface area contributed by atoms with Crippen molar-refractivity contribution in [3.05, 3.63) is 28.2 Å². The average Bonchev–Trinajstić information content (AvgIpc) is 2.87. The minimum Gasteiger partial charge on any atom is -0.507 e. The van der Waals surface area contributed by atoms with Gasteiger partial charge in [-0.15, -0.1) is 0 Å². The maximum absolute atomic E-state index is 9.31. The summed E-state index contributed by atoms with van der Waals surface area (Å²) in [5.74, 6) is 0.294. The highest BCUT2D eigenvalue weighted by atomic mass is 79.9. The molecule has 3 N–H and O–H groups in total. The molecule has 0 saturated heterocycles. The van der Waals surface area contributed by atoms with Crippen LogP contribution in [-0.4, -0.2) is 10.6 Å². The van der Waals surface area contributed by atoms with Gasteiger partial charge < -0.3 is 10.8 Å². The SMILES string of the molecule is NC1(CCc2ccc(O)c(Br)c2)CC1.